The highest BCUT2D eigenvalue weighted by Gasteiger charge is 2.22. The van der Waals surface area contributed by atoms with Gasteiger partial charge >= 0.3 is 0 Å². The molecule has 1 N–H and O–H groups in total. The van der Waals surface area contributed by atoms with Crippen LogP contribution in [0.3, 0.4) is 0 Å². The van der Waals surface area contributed by atoms with Gasteiger partial charge < -0.3 is 5.32 Å². The fraction of sp³-hybridized carbons (Fsp3) is 0.316. The van der Waals surface area contributed by atoms with E-state index in [2.05, 4.69) is 12.2 Å². The van der Waals surface area contributed by atoms with Gasteiger partial charge in [0, 0.05) is 18.7 Å². The van der Waals surface area contributed by atoms with Crippen LogP contribution in [0.1, 0.15) is 37.0 Å². The molecule has 0 unspecified atom stereocenters. The smallest absolute Gasteiger partial charge is 0.264 e. The average molecular weight is 360 g/mol. The number of para-hydroxylation sites is 1. The zero-order valence-corrected chi connectivity index (χ0v) is 15.6. The predicted molar refractivity (Wildman–Crippen MR) is 100 cm³/mol. The Kier molecular flexibility index (Phi) is 6.20. The highest BCUT2D eigenvalue weighted by molar-refractivity contribution is 7.92. The summed E-state index contributed by atoms with van der Waals surface area (Å²) in [5.41, 5.74) is 0.902. The Bertz CT molecular complexity index is 820. The Hall–Kier alpha value is -2.34. The summed E-state index contributed by atoms with van der Waals surface area (Å²) in [6.07, 6.45) is 1.85. The third kappa shape index (κ3) is 4.60. The van der Waals surface area contributed by atoms with Crippen LogP contribution in [0.15, 0.2) is 59.5 Å². The van der Waals surface area contributed by atoms with Crippen LogP contribution in [0.4, 0.5) is 5.69 Å². The number of rotatable bonds is 7. The molecule has 2 aromatic rings. The van der Waals surface area contributed by atoms with Gasteiger partial charge in [-0.3, -0.25) is 9.10 Å². The van der Waals surface area contributed by atoms with E-state index in [-0.39, 0.29) is 16.8 Å². The first-order valence-corrected chi connectivity index (χ1v) is 9.75. The van der Waals surface area contributed by atoms with E-state index in [1.165, 1.54) is 23.5 Å². The predicted octanol–water partition coefficient (Wildman–Crippen LogP) is 3.43. The first-order valence-electron chi connectivity index (χ1n) is 8.31. The quantitative estimate of drug-likeness (QED) is 0.822. The van der Waals surface area contributed by atoms with Crippen LogP contribution in [0.25, 0.3) is 0 Å². The van der Waals surface area contributed by atoms with Crippen molar-refractivity contribution in [3.05, 3.63) is 60.2 Å². The van der Waals surface area contributed by atoms with Crippen LogP contribution in [-0.2, 0) is 10.0 Å². The van der Waals surface area contributed by atoms with Gasteiger partial charge in [-0.1, -0.05) is 37.6 Å². The molecule has 2 rings (SSSR count). The third-order valence-corrected chi connectivity index (χ3v) is 5.76. The van der Waals surface area contributed by atoms with Gasteiger partial charge in [-0.05, 0) is 43.7 Å². The molecule has 1 atom stereocenters. The molecule has 25 heavy (non-hydrogen) atoms. The summed E-state index contributed by atoms with van der Waals surface area (Å²) < 4.78 is 26.9. The van der Waals surface area contributed by atoms with E-state index in [1.54, 1.807) is 36.4 Å². The summed E-state index contributed by atoms with van der Waals surface area (Å²) in [6, 6.07) is 15.0. The van der Waals surface area contributed by atoms with Gasteiger partial charge in [0.2, 0.25) is 0 Å². The van der Waals surface area contributed by atoms with Crippen molar-refractivity contribution in [1.29, 1.82) is 0 Å². The van der Waals surface area contributed by atoms with E-state index < -0.39 is 10.0 Å². The number of benzene rings is 2. The molecule has 0 aliphatic rings. The summed E-state index contributed by atoms with van der Waals surface area (Å²) in [7, 11) is -2.23. The molecule has 2 aromatic carbocycles. The Morgan fingerprint density at radius 3 is 2.44 bits per heavy atom. The van der Waals surface area contributed by atoms with Crippen LogP contribution in [0.2, 0.25) is 0 Å². The van der Waals surface area contributed by atoms with Gasteiger partial charge in [-0.2, -0.15) is 0 Å². The van der Waals surface area contributed by atoms with Crippen molar-refractivity contribution in [3.8, 4) is 0 Å². The molecule has 0 saturated heterocycles. The second-order valence-corrected chi connectivity index (χ2v) is 7.97. The van der Waals surface area contributed by atoms with E-state index in [0.29, 0.717) is 11.3 Å². The van der Waals surface area contributed by atoms with E-state index in [0.717, 1.165) is 12.8 Å². The van der Waals surface area contributed by atoms with Crippen molar-refractivity contribution in [2.24, 2.45) is 0 Å². The van der Waals surface area contributed by atoms with Crippen LogP contribution in [0.5, 0.6) is 0 Å². The first-order chi connectivity index (χ1) is 11.9. The fourth-order valence-corrected chi connectivity index (χ4v) is 3.79. The SMILES string of the molecule is CCC[C@@H](C)NC(=O)c1cccc(S(=O)(=O)N(C)c2ccccc2)c1. The Labute approximate surface area is 149 Å². The molecule has 134 valence electrons. The highest BCUT2D eigenvalue weighted by atomic mass is 32.2. The number of carbonyl (C=O) groups excluding carboxylic acids is 1. The largest absolute Gasteiger partial charge is 0.350 e. The number of hydrogen-bond acceptors (Lipinski definition) is 3. The molecule has 0 saturated carbocycles. The van der Waals surface area contributed by atoms with Gasteiger partial charge in [-0.15, -0.1) is 0 Å². The molecule has 0 aliphatic heterocycles. The maximum atomic E-state index is 12.8. The molecular weight excluding hydrogens is 336 g/mol. The average Bonchev–Trinajstić information content (AvgIpc) is 2.62. The molecule has 0 bridgehead atoms. The molecule has 0 radical (unpaired) electrons. The minimum absolute atomic E-state index is 0.0461. The number of hydrogen-bond donors (Lipinski definition) is 1. The standard InChI is InChI=1S/C19H24N2O3S/c1-4-9-15(2)20-19(22)16-10-8-13-18(14-16)25(23,24)21(3)17-11-6-5-7-12-17/h5-8,10-15H,4,9H2,1-3H3,(H,20,22)/t15-/m1/s1. The molecule has 1 amide bonds. The second-order valence-electron chi connectivity index (χ2n) is 6.00. The summed E-state index contributed by atoms with van der Waals surface area (Å²) in [6.45, 7) is 3.99. The summed E-state index contributed by atoms with van der Waals surface area (Å²) in [4.78, 5) is 12.4. The topological polar surface area (TPSA) is 66.5 Å². The first kappa shape index (κ1) is 19.0. The van der Waals surface area contributed by atoms with E-state index in [4.69, 9.17) is 0 Å². The lowest BCUT2D eigenvalue weighted by Gasteiger charge is -2.20. The summed E-state index contributed by atoms with van der Waals surface area (Å²) in [5.74, 6) is -0.264. The number of carbonyl (C=O) groups is 1. The molecule has 0 heterocycles. The fourth-order valence-electron chi connectivity index (χ4n) is 2.54. The van der Waals surface area contributed by atoms with Gasteiger partial charge in [-0.25, -0.2) is 8.42 Å². The van der Waals surface area contributed by atoms with Crippen LogP contribution >= 0.6 is 0 Å². The van der Waals surface area contributed by atoms with Crippen molar-refractivity contribution in [3.63, 3.8) is 0 Å². The van der Waals surface area contributed by atoms with Crippen molar-refractivity contribution >= 4 is 21.6 Å². The highest BCUT2D eigenvalue weighted by Crippen LogP contribution is 2.22. The Morgan fingerprint density at radius 2 is 1.80 bits per heavy atom. The van der Waals surface area contributed by atoms with Crippen LogP contribution in [0, 0.1) is 0 Å². The monoisotopic (exact) mass is 360 g/mol. The summed E-state index contributed by atoms with van der Waals surface area (Å²) >= 11 is 0. The number of nitrogens with zero attached hydrogens (tertiary/aromatic N) is 1. The van der Waals surface area contributed by atoms with Crippen molar-refractivity contribution in [2.75, 3.05) is 11.4 Å². The van der Waals surface area contributed by atoms with Crippen LogP contribution in [-0.4, -0.2) is 27.4 Å². The van der Waals surface area contributed by atoms with E-state index in [9.17, 15) is 13.2 Å². The van der Waals surface area contributed by atoms with Gasteiger partial charge in [0.05, 0.1) is 10.6 Å². The van der Waals surface area contributed by atoms with Crippen LogP contribution < -0.4 is 9.62 Å². The van der Waals surface area contributed by atoms with E-state index >= 15 is 0 Å². The maximum Gasteiger partial charge on any atom is 0.264 e. The number of sulfonamides is 1. The van der Waals surface area contributed by atoms with Gasteiger partial charge in [0.15, 0.2) is 0 Å². The molecule has 0 spiro atoms. The minimum atomic E-state index is -3.73. The number of nitrogens with one attached hydrogen (secondary N) is 1. The summed E-state index contributed by atoms with van der Waals surface area (Å²) in [5, 5.41) is 2.89. The van der Waals surface area contributed by atoms with Crippen molar-refractivity contribution < 1.29 is 13.2 Å². The zero-order chi connectivity index (χ0) is 18.4. The van der Waals surface area contributed by atoms with Crippen molar-refractivity contribution in [1.82, 2.24) is 5.32 Å². The molecule has 5 nitrogen and oxygen atoms in total. The normalized spacial score (nSPS) is 12.4. The molecule has 0 aromatic heterocycles. The molecular formula is C19H24N2O3S. The molecule has 0 fully saturated rings. The lowest BCUT2D eigenvalue weighted by atomic mass is 10.1. The minimum Gasteiger partial charge on any atom is -0.350 e. The molecule has 0 aliphatic carbocycles. The maximum absolute atomic E-state index is 12.8. The number of anilines is 1. The lowest BCUT2D eigenvalue weighted by molar-refractivity contribution is 0.0938. The lowest BCUT2D eigenvalue weighted by Crippen LogP contribution is -2.32. The number of amides is 1. The van der Waals surface area contributed by atoms with Gasteiger partial charge in [0.1, 0.15) is 0 Å². The second kappa shape index (κ2) is 8.16. The Morgan fingerprint density at radius 1 is 1.12 bits per heavy atom. The third-order valence-electron chi connectivity index (χ3n) is 3.97. The van der Waals surface area contributed by atoms with Crippen molar-refractivity contribution in [2.45, 2.75) is 37.6 Å². The Balaban J connectivity index is 2.27. The molecule has 6 heteroatoms. The van der Waals surface area contributed by atoms with E-state index in [1.807, 2.05) is 13.0 Å². The van der Waals surface area contributed by atoms with Gasteiger partial charge in [0.25, 0.3) is 15.9 Å². The zero-order valence-electron chi connectivity index (χ0n) is 14.8.